The number of rotatable bonds is 5. The third-order valence-corrected chi connectivity index (χ3v) is 3.90. The Morgan fingerprint density at radius 3 is 2.47 bits per heavy atom. The molecule has 0 aliphatic carbocycles. The maximum Gasteiger partial charge on any atom is 0.115 e. The molecule has 0 aliphatic heterocycles. The van der Waals surface area contributed by atoms with Crippen LogP contribution in [-0.2, 0) is 0 Å². The Labute approximate surface area is 118 Å². The van der Waals surface area contributed by atoms with Crippen molar-refractivity contribution in [3.63, 3.8) is 0 Å². The van der Waals surface area contributed by atoms with Gasteiger partial charge in [-0.25, -0.2) is 4.98 Å². The van der Waals surface area contributed by atoms with Crippen molar-refractivity contribution in [3.8, 4) is 0 Å². The molecule has 4 nitrogen and oxygen atoms in total. The molecule has 0 aromatic carbocycles. The van der Waals surface area contributed by atoms with Gasteiger partial charge in [-0.3, -0.25) is 4.68 Å². The van der Waals surface area contributed by atoms with Crippen molar-refractivity contribution in [1.29, 1.82) is 0 Å². The van der Waals surface area contributed by atoms with Crippen LogP contribution in [-0.4, -0.2) is 20.8 Å². The van der Waals surface area contributed by atoms with Gasteiger partial charge in [0, 0.05) is 34.9 Å². The van der Waals surface area contributed by atoms with E-state index in [2.05, 4.69) is 54.7 Å². The highest BCUT2D eigenvalue weighted by Gasteiger charge is 2.20. The van der Waals surface area contributed by atoms with Crippen LogP contribution in [0.3, 0.4) is 0 Å². The number of aryl methyl sites for hydroxylation is 1. The molecule has 0 spiro atoms. The molecule has 1 unspecified atom stereocenters. The summed E-state index contributed by atoms with van der Waals surface area (Å²) in [4.78, 5) is 4.61. The summed E-state index contributed by atoms with van der Waals surface area (Å²) in [5.74, 6) is 0. The van der Waals surface area contributed by atoms with E-state index in [0.29, 0.717) is 12.1 Å². The van der Waals surface area contributed by atoms with Gasteiger partial charge in [0.1, 0.15) is 5.01 Å². The average Bonchev–Trinajstić information content (AvgIpc) is 2.94. The molecule has 0 amide bonds. The van der Waals surface area contributed by atoms with Gasteiger partial charge < -0.3 is 5.32 Å². The van der Waals surface area contributed by atoms with Crippen LogP contribution in [0.25, 0.3) is 0 Å². The average molecular weight is 278 g/mol. The second-order valence-electron chi connectivity index (χ2n) is 5.43. The Morgan fingerprint density at radius 1 is 1.26 bits per heavy atom. The van der Waals surface area contributed by atoms with Crippen molar-refractivity contribution in [1.82, 2.24) is 20.1 Å². The Kier molecular flexibility index (Phi) is 4.37. The summed E-state index contributed by atoms with van der Waals surface area (Å²) in [6.45, 7) is 10.6. The molecule has 1 atom stereocenters. The monoisotopic (exact) mass is 278 g/mol. The lowest BCUT2D eigenvalue weighted by Gasteiger charge is -2.18. The highest BCUT2D eigenvalue weighted by Crippen LogP contribution is 2.26. The lowest BCUT2D eigenvalue weighted by Crippen LogP contribution is -2.28. The smallest absolute Gasteiger partial charge is 0.115 e. The first kappa shape index (κ1) is 14.2. The molecule has 19 heavy (non-hydrogen) atoms. The van der Waals surface area contributed by atoms with Crippen LogP contribution in [0, 0.1) is 6.92 Å². The van der Waals surface area contributed by atoms with Crippen LogP contribution in [0.5, 0.6) is 0 Å². The molecule has 0 aliphatic rings. The normalized spacial score (nSPS) is 13.4. The Balaban J connectivity index is 2.31. The predicted octanol–water partition coefficient (Wildman–Crippen LogP) is 3.32. The first-order valence-electron chi connectivity index (χ1n) is 6.69. The van der Waals surface area contributed by atoms with E-state index in [9.17, 15) is 0 Å². The number of thiazole rings is 1. The first-order valence-corrected chi connectivity index (χ1v) is 7.57. The minimum absolute atomic E-state index is 0.131. The third kappa shape index (κ3) is 3.42. The summed E-state index contributed by atoms with van der Waals surface area (Å²) in [6.07, 6.45) is 4.05. The number of nitrogens with zero attached hydrogens (tertiary/aromatic N) is 3. The van der Waals surface area contributed by atoms with E-state index in [1.807, 2.05) is 17.8 Å². The molecule has 0 bridgehead atoms. The SMILES string of the molecule is Cc1csc(C(NC(C)C)c2cnn(C(C)C)c2)n1. The van der Waals surface area contributed by atoms with Crippen LogP contribution in [0.4, 0.5) is 0 Å². The molecular formula is C14H22N4S. The van der Waals surface area contributed by atoms with E-state index in [1.54, 1.807) is 11.3 Å². The van der Waals surface area contributed by atoms with E-state index >= 15 is 0 Å². The zero-order chi connectivity index (χ0) is 14.0. The van der Waals surface area contributed by atoms with Gasteiger partial charge in [-0.15, -0.1) is 11.3 Å². The Bertz CT molecular complexity index is 527. The standard InChI is InChI=1S/C14H22N4S/c1-9(2)16-13(14-17-11(5)8-19-14)12-6-15-18(7-12)10(3)4/h6-10,13,16H,1-5H3. The van der Waals surface area contributed by atoms with Crippen LogP contribution in [0.2, 0.25) is 0 Å². The van der Waals surface area contributed by atoms with Gasteiger partial charge in [-0.2, -0.15) is 5.10 Å². The fourth-order valence-corrected chi connectivity index (χ4v) is 2.81. The van der Waals surface area contributed by atoms with Crippen LogP contribution < -0.4 is 5.32 Å². The van der Waals surface area contributed by atoms with E-state index in [-0.39, 0.29) is 6.04 Å². The molecule has 2 aromatic heterocycles. The molecular weight excluding hydrogens is 256 g/mol. The molecule has 2 aromatic rings. The number of hydrogen-bond donors (Lipinski definition) is 1. The number of aromatic nitrogens is 3. The van der Waals surface area contributed by atoms with Gasteiger partial charge in [-0.05, 0) is 34.6 Å². The first-order chi connectivity index (χ1) is 8.97. The predicted molar refractivity (Wildman–Crippen MR) is 79.6 cm³/mol. The quantitative estimate of drug-likeness (QED) is 0.912. The summed E-state index contributed by atoms with van der Waals surface area (Å²) in [5, 5.41) is 11.2. The lowest BCUT2D eigenvalue weighted by atomic mass is 10.1. The minimum atomic E-state index is 0.131. The Hall–Kier alpha value is -1.20. The molecule has 0 saturated heterocycles. The van der Waals surface area contributed by atoms with E-state index in [1.165, 1.54) is 5.56 Å². The number of nitrogens with one attached hydrogen (secondary N) is 1. The molecule has 0 radical (unpaired) electrons. The second-order valence-corrected chi connectivity index (χ2v) is 6.32. The second kappa shape index (κ2) is 5.84. The molecule has 5 heteroatoms. The van der Waals surface area contributed by atoms with E-state index in [0.717, 1.165) is 10.7 Å². The molecule has 2 rings (SSSR count). The fourth-order valence-electron chi connectivity index (χ4n) is 1.93. The van der Waals surface area contributed by atoms with Crippen LogP contribution >= 0.6 is 11.3 Å². The summed E-state index contributed by atoms with van der Waals surface area (Å²) in [5.41, 5.74) is 2.25. The third-order valence-electron chi connectivity index (χ3n) is 2.87. The zero-order valence-electron chi connectivity index (χ0n) is 12.2. The van der Waals surface area contributed by atoms with Crippen molar-refractivity contribution < 1.29 is 0 Å². The van der Waals surface area contributed by atoms with Crippen molar-refractivity contribution in [2.24, 2.45) is 0 Å². The maximum atomic E-state index is 4.61. The largest absolute Gasteiger partial charge is 0.302 e. The van der Waals surface area contributed by atoms with Gasteiger partial charge in [-0.1, -0.05) is 0 Å². The van der Waals surface area contributed by atoms with Crippen molar-refractivity contribution >= 4 is 11.3 Å². The summed E-state index contributed by atoms with van der Waals surface area (Å²) < 4.78 is 1.99. The van der Waals surface area contributed by atoms with Crippen LogP contribution in [0.1, 0.15) is 56.0 Å². The van der Waals surface area contributed by atoms with Crippen molar-refractivity contribution in [2.45, 2.75) is 52.7 Å². The minimum Gasteiger partial charge on any atom is -0.302 e. The molecule has 2 heterocycles. The Morgan fingerprint density at radius 2 is 2.00 bits per heavy atom. The van der Waals surface area contributed by atoms with Gasteiger partial charge in [0.25, 0.3) is 0 Å². The molecule has 0 saturated carbocycles. The van der Waals surface area contributed by atoms with Crippen molar-refractivity contribution in [3.05, 3.63) is 34.0 Å². The van der Waals surface area contributed by atoms with E-state index < -0.39 is 0 Å². The maximum absolute atomic E-state index is 4.61. The number of hydrogen-bond acceptors (Lipinski definition) is 4. The van der Waals surface area contributed by atoms with Crippen molar-refractivity contribution in [2.75, 3.05) is 0 Å². The lowest BCUT2D eigenvalue weighted by molar-refractivity contribution is 0.518. The highest BCUT2D eigenvalue weighted by atomic mass is 32.1. The van der Waals surface area contributed by atoms with Gasteiger partial charge in [0.15, 0.2) is 0 Å². The molecule has 1 N–H and O–H groups in total. The van der Waals surface area contributed by atoms with Gasteiger partial charge in [0.05, 0.1) is 12.2 Å². The van der Waals surface area contributed by atoms with E-state index in [4.69, 9.17) is 0 Å². The van der Waals surface area contributed by atoms with Gasteiger partial charge in [0.2, 0.25) is 0 Å². The molecule has 0 fully saturated rings. The van der Waals surface area contributed by atoms with Crippen LogP contribution in [0.15, 0.2) is 17.8 Å². The summed E-state index contributed by atoms with van der Waals surface area (Å²) in [7, 11) is 0. The summed E-state index contributed by atoms with van der Waals surface area (Å²) in [6, 6.07) is 0.911. The fraction of sp³-hybridized carbons (Fsp3) is 0.571. The zero-order valence-corrected chi connectivity index (χ0v) is 13.0. The van der Waals surface area contributed by atoms with Gasteiger partial charge >= 0.3 is 0 Å². The topological polar surface area (TPSA) is 42.7 Å². The molecule has 104 valence electrons. The highest BCUT2D eigenvalue weighted by molar-refractivity contribution is 7.09. The summed E-state index contributed by atoms with van der Waals surface area (Å²) >= 11 is 1.70.